The zero-order valence-electron chi connectivity index (χ0n) is 8.83. The highest BCUT2D eigenvalue weighted by atomic mass is 32.1. The standard InChI is InChI=1S/C7H9NO3S.C2H6/c1-4-8-5(3-11-2)6(12-4)7(9)10;1-2/h3H2,1-2H3,(H,9,10);1-2H3. The molecule has 1 heterocycles. The lowest BCUT2D eigenvalue weighted by Gasteiger charge is -1.94. The second-order valence-electron chi connectivity index (χ2n) is 2.25. The quantitative estimate of drug-likeness (QED) is 0.844. The lowest BCUT2D eigenvalue weighted by atomic mass is 10.4. The highest BCUT2D eigenvalue weighted by Gasteiger charge is 2.14. The van der Waals surface area contributed by atoms with Gasteiger partial charge in [-0.3, -0.25) is 0 Å². The van der Waals surface area contributed by atoms with Gasteiger partial charge in [-0.15, -0.1) is 11.3 Å². The maximum Gasteiger partial charge on any atom is 0.347 e. The Morgan fingerprint density at radius 3 is 2.57 bits per heavy atom. The molecule has 0 saturated carbocycles. The first-order valence-corrected chi connectivity index (χ1v) is 5.15. The molecule has 14 heavy (non-hydrogen) atoms. The van der Waals surface area contributed by atoms with Crippen LogP contribution in [0, 0.1) is 6.92 Å². The molecule has 0 atom stereocenters. The smallest absolute Gasteiger partial charge is 0.347 e. The molecule has 0 aromatic carbocycles. The van der Waals surface area contributed by atoms with Gasteiger partial charge in [0.1, 0.15) is 4.88 Å². The number of rotatable bonds is 3. The maximum atomic E-state index is 10.6. The summed E-state index contributed by atoms with van der Waals surface area (Å²) in [6, 6.07) is 0. The first kappa shape index (κ1) is 13.1. The Bertz CT molecular complexity index is 296. The summed E-state index contributed by atoms with van der Waals surface area (Å²) in [4.78, 5) is 14.9. The Labute approximate surface area is 87.6 Å². The van der Waals surface area contributed by atoms with Crippen LogP contribution in [0.15, 0.2) is 0 Å². The van der Waals surface area contributed by atoms with Crippen LogP contribution in [0.4, 0.5) is 0 Å². The Hall–Kier alpha value is -0.940. The second kappa shape index (κ2) is 6.50. The summed E-state index contributed by atoms with van der Waals surface area (Å²) in [5.41, 5.74) is 0.507. The van der Waals surface area contributed by atoms with Crippen LogP contribution < -0.4 is 0 Å². The minimum absolute atomic E-state index is 0.256. The topological polar surface area (TPSA) is 59.4 Å². The number of aryl methyl sites for hydroxylation is 1. The fourth-order valence-corrected chi connectivity index (χ4v) is 1.63. The van der Waals surface area contributed by atoms with Gasteiger partial charge < -0.3 is 9.84 Å². The van der Waals surface area contributed by atoms with Crippen molar-refractivity contribution in [2.24, 2.45) is 0 Å². The summed E-state index contributed by atoms with van der Waals surface area (Å²) < 4.78 is 4.81. The number of hydrogen-bond donors (Lipinski definition) is 1. The van der Waals surface area contributed by atoms with Crippen LogP contribution >= 0.6 is 11.3 Å². The highest BCUT2D eigenvalue weighted by molar-refractivity contribution is 7.13. The van der Waals surface area contributed by atoms with Crippen molar-refractivity contribution in [3.8, 4) is 0 Å². The molecule has 0 spiro atoms. The minimum Gasteiger partial charge on any atom is -0.477 e. The molecule has 1 aromatic rings. The average Bonchev–Trinajstić information content (AvgIpc) is 2.51. The SMILES string of the molecule is CC.COCc1nc(C)sc1C(=O)O. The van der Waals surface area contributed by atoms with E-state index in [0.29, 0.717) is 5.69 Å². The summed E-state index contributed by atoms with van der Waals surface area (Å²) >= 11 is 1.17. The zero-order chi connectivity index (χ0) is 11.1. The van der Waals surface area contributed by atoms with E-state index in [4.69, 9.17) is 9.84 Å². The van der Waals surface area contributed by atoms with Crippen LogP contribution in [0.1, 0.15) is 34.2 Å². The lowest BCUT2D eigenvalue weighted by molar-refractivity contribution is 0.0697. The fourth-order valence-electron chi connectivity index (χ4n) is 0.872. The van der Waals surface area contributed by atoms with Crippen molar-refractivity contribution in [2.45, 2.75) is 27.4 Å². The first-order valence-electron chi connectivity index (χ1n) is 4.33. The summed E-state index contributed by atoms with van der Waals surface area (Å²) in [5.74, 6) is -0.937. The second-order valence-corrected chi connectivity index (χ2v) is 3.45. The number of carboxylic acids is 1. The van der Waals surface area contributed by atoms with E-state index in [2.05, 4.69) is 4.98 Å². The van der Waals surface area contributed by atoms with Gasteiger partial charge in [0.2, 0.25) is 0 Å². The van der Waals surface area contributed by atoms with Crippen molar-refractivity contribution in [3.05, 3.63) is 15.6 Å². The molecular weight excluding hydrogens is 202 g/mol. The van der Waals surface area contributed by atoms with Crippen LogP contribution in [0.5, 0.6) is 0 Å². The Kier molecular flexibility index (Phi) is 6.07. The van der Waals surface area contributed by atoms with Gasteiger partial charge in [0.25, 0.3) is 0 Å². The third-order valence-electron chi connectivity index (χ3n) is 1.28. The number of thiazole rings is 1. The molecule has 0 amide bonds. The lowest BCUT2D eigenvalue weighted by Crippen LogP contribution is -1.99. The third kappa shape index (κ3) is 3.43. The van der Waals surface area contributed by atoms with E-state index in [9.17, 15) is 4.79 Å². The van der Waals surface area contributed by atoms with Crippen LogP contribution in [-0.4, -0.2) is 23.2 Å². The van der Waals surface area contributed by atoms with Gasteiger partial charge in [-0.1, -0.05) is 13.8 Å². The van der Waals surface area contributed by atoms with Crippen molar-refractivity contribution in [1.29, 1.82) is 0 Å². The van der Waals surface area contributed by atoms with Crippen LogP contribution in [0.25, 0.3) is 0 Å². The predicted molar refractivity (Wildman–Crippen MR) is 55.9 cm³/mol. The van der Waals surface area contributed by atoms with Crippen LogP contribution in [0.3, 0.4) is 0 Å². The van der Waals surface area contributed by atoms with E-state index >= 15 is 0 Å². The summed E-state index contributed by atoms with van der Waals surface area (Å²) in [6.45, 7) is 6.03. The Morgan fingerprint density at radius 1 is 1.57 bits per heavy atom. The number of carbonyl (C=O) groups is 1. The van der Waals surface area contributed by atoms with E-state index in [1.807, 2.05) is 13.8 Å². The maximum absolute atomic E-state index is 10.6. The van der Waals surface area contributed by atoms with Gasteiger partial charge in [-0.25, -0.2) is 9.78 Å². The molecule has 4 nitrogen and oxygen atoms in total. The molecule has 0 bridgehead atoms. The molecule has 0 fully saturated rings. The van der Waals surface area contributed by atoms with Gasteiger partial charge in [-0.05, 0) is 6.92 Å². The van der Waals surface area contributed by atoms with Crippen molar-refractivity contribution < 1.29 is 14.6 Å². The monoisotopic (exact) mass is 217 g/mol. The molecule has 1 N–H and O–H groups in total. The summed E-state index contributed by atoms with van der Waals surface area (Å²) in [7, 11) is 1.51. The van der Waals surface area contributed by atoms with Gasteiger partial charge in [0.05, 0.1) is 17.3 Å². The van der Waals surface area contributed by atoms with Crippen molar-refractivity contribution >= 4 is 17.3 Å². The predicted octanol–water partition coefficient (Wildman–Crippen LogP) is 2.32. The van der Waals surface area contributed by atoms with E-state index in [1.54, 1.807) is 6.92 Å². The molecule has 80 valence electrons. The summed E-state index contributed by atoms with van der Waals surface area (Å²) in [5, 5.41) is 9.47. The molecule has 0 radical (unpaired) electrons. The average molecular weight is 217 g/mol. The third-order valence-corrected chi connectivity index (χ3v) is 2.28. The first-order chi connectivity index (χ1) is 6.65. The van der Waals surface area contributed by atoms with Gasteiger partial charge in [-0.2, -0.15) is 0 Å². The molecule has 0 aliphatic rings. The summed E-state index contributed by atoms with van der Waals surface area (Å²) in [6.07, 6.45) is 0. The van der Waals surface area contributed by atoms with Crippen molar-refractivity contribution in [3.63, 3.8) is 0 Å². The normalized spacial score (nSPS) is 9.14. The molecule has 0 aliphatic heterocycles. The largest absolute Gasteiger partial charge is 0.477 e. The number of ether oxygens (including phenoxy) is 1. The molecular formula is C9H15NO3S. The van der Waals surface area contributed by atoms with Crippen LogP contribution in [0.2, 0.25) is 0 Å². The molecule has 1 aromatic heterocycles. The Balaban J connectivity index is 0.000000791. The number of aromatic carboxylic acids is 1. The number of nitrogens with zero attached hydrogens (tertiary/aromatic N) is 1. The minimum atomic E-state index is -0.937. The zero-order valence-corrected chi connectivity index (χ0v) is 9.64. The molecule has 0 saturated heterocycles. The highest BCUT2D eigenvalue weighted by Crippen LogP contribution is 2.18. The Morgan fingerprint density at radius 2 is 2.14 bits per heavy atom. The number of hydrogen-bond acceptors (Lipinski definition) is 4. The number of methoxy groups -OCH3 is 1. The van der Waals surface area contributed by atoms with Gasteiger partial charge in [0.15, 0.2) is 0 Å². The van der Waals surface area contributed by atoms with E-state index in [0.717, 1.165) is 5.01 Å². The molecule has 0 aliphatic carbocycles. The number of aromatic nitrogens is 1. The molecule has 1 rings (SSSR count). The van der Waals surface area contributed by atoms with Crippen LogP contribution in [-0.2, 0) is 11.3 Å². The van der Waals surface area contributed by atoms with Gasteiger partial charge >= 0.3 is 5.97 Å². The molecule has 0 unspecified atom stereocenters. The van der Waals surface area contributed by atoms with Gasteiger partial charge in [0, 0.05) is 7.11 Å². The van der Waals surface area contributed by atoms with Crippen molar-refractivity contribution in [2.75, 3.05) is 7.11 Å². The van der Waals surface area contributed by atoms with Crippen molar-refractivity contribution in [1.82, 2.24) is 4.98 Å². The molecule has 5 heteroatoms. The number of carboxylic acid groups (broad SMARTS) is 1. The van der Waals surface area contributed by atoms with E-state index < -0.39 is 5.97 Å². The van der Waals surface area contributed by atoms with E-state index in [-0.39, 0.29) is 11.5 Å². The van der Waals surface area contributed by atoms with E-state index in [1.165, 1.54) is 18.4 Å². The fraction of sp³-hybridized carbons (Fsp3) is 0.556.